The van der Waals surface area contributed by atoms with Crippen molar-refractivity contribution < 1.29 is 27.4 Å². The van der Waals surface area contributed by atoms with Crippen LogP contribution in [0.3, 0.4) is 0 Å². The third-order valence-corrected chi connectivity index (χ3v) is 7.84. The zero-order valence-electron chi connectivity index (χ0n) is 20.4. The third kappa shape index (κ3) is 5.78. The first-order valence-electron chi connectivity index (χ1n) is 11.8. The summed E-state index contributed by atoms with van der Waals surface area (Å²) in [4.78, 5) is 19.4. The lowest BCUT2D eigenvalue weighted by atomic mass is 9.81. The molecule has 5 nitrogen and oxygen atoms in total. The molecule has 0 bridgehead atoms. The van der Waals surface area contributed by atoms with Crippen LogP contribution in [0.25, 0.3) is 10.9 Å². The molecule has 0 aliphatic carbocycles. The van der Waals surface area contributed by atoms with E-state index in [0.29, 0.717) is 73.3 Å². The molecule has 0 saturated carbocycles. The van der Waals surface area contributed by atoms with Crippen LogP contribution in [-0.2, 0) is 16.0 Å². The van der Waals surface area contributed by atoms with Gasteiger partial charge in [-0.25, -0.2) is 13.2 Å². The van der Waals surface area contributed by atoms with E-state index in [-0.39, 0.29) is 16.7 Å². The number of carbonyl (C=O) groups excluding carboxylic acids is 1. The summed E-state index contributed by atoms with van der Waals surface area (Å²) in [5.41, 5.74) is 0.567. The first kappa shape index (κ1) is 26.3. The van der Waals surface area contributed by atoms with Crippen LogP contribution in [-0.4, -0.2) is 55.5 Å². The van der Waals surface area contributed by atoms with E-state index in [1.807, 2.05) is 0 Å². The Hall–Kier alpha value is -2.78. The van der Waals surface area contributed by atoms with Crippen LogP contribution in [0.2, 0.25) is 0 Å². The number of hydrogen-bond donors (Lipinski definition) is 0. The van der Waals surface area contributed by atoms with E-state index in [1.165, 1.54) is 31.1 Å². The third-order valence-electron chi connectivity index (χ3n) is 6.83. The molecule has 1 atom stereocenters. The Morgan fingerprint density at radius 2 is 1.97 bits per heavy atom. The number of benzene rings is 2. The van der Waals surface area contributed by atoms with Gasteiger partial charge in [0.2, 0.25) is 0 Å². The standard InChI is InChI=1S/C27H29F3N2O3S/c1-34-19-6-8-24-21(15-19)20(23(30)16-31-24)4-3-9-27(26(33)35-2)10-11-32(17-27)12-13-36-25-14-18(28)5-7-22(25)29/h5-8,14-16H,3-4,9-13,17H2,1-2H3. The highest BCUT2D eigenvalue weighted by Crippen LogP contribution is 2.38. The number of aromatic nitrogens is 1. The van der Waals surface area contributed by atoms with Gasteiger partial charge < -0.3 is 14.4 Å². The number of halogens is 3. The second-order valence-electron chi connectivity index (χ2n) is 9.04. The number of aryl methyl sites for hydroxylation is 1. The van der Waals surface area contributed by atoms with Gasteiger partial charge in [-0.15, -0.1) is 11.8 Å². The molecule has 1 aliphatic rings. The molecule has 1 aliphatic heterocycles. The molecule has 0 amide bonds. The molecule has 2 heterocycles. The minimum Gasteiger partial charge on any atom is -0.497 e. The number of esters is 1. The lowest BCUT2D eigenvalue weighted by Gasteiger charge is -2.27. The number of likely N-dealkylation sites (tertiary alicyclic amines) is 1. The summed E-state index contributed by atoms with van der Waals surface area (Å²) in [6, 6.07) is 8.79. The normalized spacial score (nSPS) is 18.0. The van der Waals surface area contributed by atoms with Crippen molar-refractivity contribution in [3.05, 3.63) is 65.6 Å². The Labute approximate surface area is 213 Å². The molecule has 0 N–H and O–H groups in total. The van der Waals surface area contributed by atoms with E-state index < -0.39 is 17.0 Å². The SMILES string of the molecule is COC(=O)C1(CCCc2c(F)cnc3ccc(OC)cc23)CCN(CCSc2cc(F)ccc2F)C1. The number of fused-ring (bicyclic) bond motifs is 1. The van der Waals surface area contributed by atoms with E-state index in [1.54, 1.807) is 25.3 Å². The second kappa shape index (κ2) is 11.5. The molecule has 9 heteroatoms. The number of methoxy groups -OCH3 is 2. The number of ether oxygens (including phenoxy) is 2. The summed E-state index contributed by atoms with van der Waals surface area (Å²) >= 11 is 1.25. The van der Waals surface area contributed by atoms with Crippen molar-refractivity contribution in [3.8, 4) is 5.75 Å². The summed E-state index contributed by atoms with van der Waals surface area (Å²) in [7, 11) is 2.95. The maximum absolute atomic E-state index is 14.7. The monoisotopic (exact) mass is 518 g/mol. The average molecular weight is 519 g/mol. The number of thioether (sulfide) groups is 1. The summed E-state index contributed by atoms with van der Waals surface area (Å²) in [5.74, 6) is -0.368. The minimum absolute atomic E-state index is 0.268. The molecule has 192 valence electrons. The van der Waals surface area contributed by atoms with Crippen LogP contribution < -0.4 is 4.74 Å². The van der Waals surface area contributed by atoms with E-state index in [0.717, 1.165) is 12.1 Å². The molecule has 1 unspecified atom stereocenters. The Balaban J connectivity index is 1.40. The highest BCUT2D eigenvalue weighted by molar-refractivity contribution is 7.99. The quantitative estimate of drug-likeness (QED) is 0.256. The van der Waals surface area contributed by atoms with Gasteiger partial charge in [0.25, 0.3) is 0 Å². The van der Waals surface area contributed by atoms with Crippen LogP contribution in [0.1, 0.15) is 24.8 Å². The maximum atomic E-state index is 14.7. The molecule has 4 rings (SSSR count). The number of pyridine rings is 1. The lowest BCUT2D eigenvalue weighted by molar-refractivity contribution is -0.152. The highest BCUT2D eigenvalue weighted by atomic mass is 32.2. The summed E-state index contributed by atoms with van der Waals surface area (Å²) < 4.78 is 52.5. The zero-order chi connectivity index (χ0) is 25.7. The van der Waals surface area contributed by atoms with Crippen molar-refractivity contribution in [2.24, 2.45) is 5.41 Å². The number of hydrogen-bond acceptors (Lipinski definition) is 6. The highest BCUT2D eigenvalue weighted by Gasteiger charge is 2.44. The molecular weight excluding hydrogens is 489 g/mol. The molecule has 0 radical (unpaired) electrons. The Morgan fingerprint density at radius 3 is 2.75 bits per heavy atom. The zero-order valence-corrected chi connectivity index (χ0v) is 21.2. The minimum atomic E-state index is -0.680. The van der Waals surface area contributed by atoms with Crippen LogP contribution in [0.5, 0.6) is 5.75 Å². The molecule has 1 fully saturated rings. The molecule has 1 aromatic heterocycles. The van der Waals surface area contributed by atoms with Gasteiger partial charge in [-0.3, -0.25) is 9.78 Å². The van der Waals surface area contributed by atoms with E-state index >= 15 is 0 Å². The predicted molar refractivity (Wildman–Crippen MR) is 134 cm³/mol. The van der Waals surface area contributed by atoms with Crippen molar-refractivity contribution in [2.75, 3.05) is 39.6 Å². The average Bonchev–Trinajstić information content (AvgIpc) is 3.30. The largest absolute Gasteiger partial charge is 0.497 e. The van der Waals surface area contributed by atoms with Gasteiger partial charge in [0.05, 0.1) is 31.3 Å². The Kier molecular flexibility index (Phi) is 8.41. The van der Waals surface area contributed by atoms with Crippen molar-refractivity contribution in [2.45, 2.75) is 30.6 Å². The fourth-order valence-corrected chi connectivity index (χ4v) is 5.87. The van der Waals surface area contributed by atoms with Crippen molar-refractivity contribution in [1.82, 2.24) is 9.88 Å². The van der Waals surface area contributed by atoms with Gasteiger partial charge in [-0.2, -0.15) is 0 Å². The van der Waals surface area contributed by atoms with Crippen LogP contribution in [0, 0.1) is 22.9 Å². The van der Waals surface area contributed by atoms with E-state index in [9.17, 15) is 18.0 Å². The molecular formula is C27H29F3N2O3S. The van der Waals surface area contributed by atoms with Gasteiger partial charge in [-0.05, 0) is 74.2 Å². The topological polar surface area (TPSA) is 51.7 Å². The van der Waals surface area contributed by atoms with Gasteiger partial charge in [0, 0.05) is 29.1 Å². The number of carbonyl (C=O) groups is 1. The molecule has 0 spiro atoms. The second-order valence-corrected chi connectivity index (χ2v) is 10.2. The van der Waals surface area contributed by atoms with Crippen LogP contribution >= 0.6 is 11.8 Å². The summed E-state index contributed by atoms with van der Waals surface area (Å²) in [5, 5.41) is 0.705. The predicted octanol–water partition coefficient (Wildman–Crippen LogP) is 5.64. The molecule has 3 aromatic rings. The fraction of sp³-hybridized carbons (Fsp3) is 0.407. The smallest absolute Gasteiger partial charge is 0.313 e. The van der Waals surface area contributed by atoms with Gasteiger partial charge >= 0.3 is 5.97 Å². The first-order valence-corrected chi connectivity index (χ1v) is 12.8. The Bertz CT molecular complexity index is 1240. The summed E-state index contributed by atoms with van der Waals surface area (Å²) in [6.07, 6.45) is 3.46. The van der Waals surface area contributed by atoms with Gasteiger partial charge in [-0.1, -0.05) is 0 Å². The maximum Gasteiger partial charge on any atom is 0.313 e. The molecule has 1 saturated heterocycles. The van der Waals surface area contributed by atoms with Crippen LogP contribution in [0.4, 0.5) is 13.2 Å². The number of nitrogens with zero attached hydrogens (tertiary/aromatic N) is 2. The van der Waals surface area contributed by atoms with Crippen LogP contribution in [0.15, 0.2) is 47.5 Å². The van der Waals surface area contributed by atoms with E-state index in [4.69, 9.17) is 9.47 Å². The first-order chi connectivity index (χ1) is 17.3. The van der Waals surface area contributed by atoms with Crippen molar-refractivity contribution >= 4 is 28.6 Å². The number of rotatable bonds is 10. The van der Waals surface area contributed by atoms with Gasteiger partial charge in [0.15, 0.2) is 0 Å². The molecule has 2 aromatic carbocycles. The lowest BCUT2D eigenvalue weighted by Crippen LogP contribution is -2.36. The summed E-state index contributed by atoms with van der Waals surface area (Å²) in [6.45, 7) is 1.84. The fourth-order valence-electron chi connectivity index (χ4n) is 4.90. The van der Waals surface area contributed by atoms with Gasteiger partial charge in [0.1, 0.15) is 23.2 Å². The Morgan fingerprint density at radius 1 is 1.14 bits per heavy atom. The van der Waals surface area contributed by atoms with Crippen molar-refractivity contribution in [1.29, 1.82) is 0 Å². The van der Waals surface area contributed by atoms with Crippen molar-refractivity contribution in [3.63, 3.8) is 0 Å². The van der Waals surface area contributed by atoms with E-state index in [2.05, 4.69) is 9.88 Å². The molecule has 36 heavy (non-hydrogen) atoms.